The lowest BCUT2D eigenvalue weighted by Crippen LogP contribution is -2.37. The number of amides is 3. The highest BCUT2D eigenvalue weighted by Gasteiger charge is 2.21. The molecule has 0 unspecified atom stereocenters. The summed E-state index contributed by atoms with van der Waals surface area (Å²) >= 11 is 0. The minimum atomic E-state index is -0.144. The number of urea groups is 1. The molecule has 3 amide bonds. The van der Waals surface area contributed by atoms with E-state index in [1.807, 2.05) is 12.1 Å². The second-order valence-corrected chi connectivity index (χ2v) is 5.84. The average molecular weight is 289 g/mol. The molecule has 0 aromatic heterocycles. The van der Waals surface area contributed by atoms with Gasteiger partial charge in [0.1, 0.15) is 0 Å². The molecule has 0 spiro atoms. The third kappa shape index (κ3) is 3.97. The molecule has 0 saturated heterocycles. The molecule has 5 heteroatoms. The molecular formula is C16H23N3O2. The van der Waals surface area contributed by atoms with E-state index in [0.717, 1.165) is 24.2 Å². The molecule has 0 radical (unpaired) electrons. The molecule has 114 valence electrons. The van der Waals surface area contributed by atoms with E-state index in [-0.39, 0.29) is 11.9 Å². The summed E-state index contributed by atoms with van der Waals surface area (Å²) in [6.45, 7) is 7.62. The van der Waals surface area contributed by atoms with Crippen LogP contribution in [0.5, 0.6) is 0 Å². The predicted molar refractivity (Wildman–Crippen MR) is 83.2 cm³/mol. The van der Waals surface area contributed by atoms with Gasteiger partial charge in [0.05, 0.1) is 0 Å². The molecule has 0 bridgehead atoms. The Bertz CT molecular complexity index is 540. The van der Waals surface area contributed by atoms with Crippen molar-refractivity contribution in [1.82, 2.24) is 10.6 Å². The zero-order chi connectivity index (χ0) is 15.4. The van der Waals surface area contributed by atoms with Crippen molar-refractivity contribution in [3.8, 4) is 0 Å². The third-order valence-corrected chi connectivity index (χ3v) is 3.54. The Morgan fingerprint density at radius 1 is 1.29 bits per heavy atom. The summed E-state index contributed by atoms with van der Waals surface area (Å²) in [6, 6.07) is 5.85. The molecule has 0 fully saturated rings. The van der Waals surface area contributed by atoms with Crippen LogP contribution < -0.4 is 15.5 Å². The Morgan fingerprint density at radius 2 is 2.05 bits per heavy atom. The quantitative estimate of drug-likeness (QED) is 0.891. The topological polar surface area (TPSA) is 61.4 Å². The summed E-state index contributed by atoms with van der Waals surface area (Å²) < 4.78 is 0. The summed E-state index contributed by atoms with van der Waals surface area (Å²) in [5, 5.41) is 5.67. The fraction of sp³-hybridized carbons (Fsp3) is 0.500. The number of hydrogen-bond acceptors (Lipinski definition) is 2. The van der Waals surface area contributed by atoms with E-state index in [0.29, 0.717) is 19.0 Å². The highest BCUT2D eigenvalue weighted by atomic mass is 16.2. The Labute approximate surface area is 125 Å². The Hall–Kier alpha value is -2.04. The Balaban J connectivity index is 1.92. The van der Waals surface area contributed by atoms with Gasteiger partial charge in [-0.05, 0) is 29.5 Å². The van der Waals surface area contributed by atoms with E-state index in [1.165, 1.54) is 5.56 Å². The van der Waals surface area contributed by atoms with Crippen molar-refractivity contribution >= 4 is 17.6 Å². The number of benzene rings is 1. The van der Waals surface area contributed by atoms with Crippen molar-refractivity contribution in [3.05, 3.63) is 29.3 Å². The number of rotatable bonds is 4. The molecule has 1 aromatic carbocycles. The van der Waals surface area contributed by atoms with E-state index in [9.17, 15) is 9.59 Å². The van der Waals surface area contributed by atoms with E-state index < -0.39 is 0 Å². The first-order valence-electron chi connectivity index (χ1n) is 7.39. The van der Waals surface area contributed by atoms with E-state index in [2.05, 4.69) is 30.5 Å². The number of carbonyl (C=O) groups is 2. The van der Waals surface area contributed by atoms with Gasteiger partial charge in [0, 0.05) is 32.2 Å². The third-order valence-electron chi connectivity index (χ3n) is 3.54. The molecule has 0 atom stereocenters. The molecule has 2 rings (SSSR count). The van der Waals surface area contributed by atoms with Crippen LogP contribution in [-0.2, 0) is 17.8 Å². The molecule has 1 heterocycles. The first-order chi connectivity index (χ1) is 9.97. The average Bonchev–Trinajstić information content (AvgIpc) is 2.86. The van der Waals surface area contributed by atoms with E-state index in [4.69, 9.17) is 0 Å². The smallest absolute Gasteiger partial charge is 0.315 e. The fourth-order valence-corrected chi connectivity index (χ4v) is 2.43. The minimum absolute atomic E-state index is 0.0766. The van der Waals surface area contributed by atoms with Crippen LogP contribution in [0, 0.1) is 5.92 Å². The van der Waals surface area contributed by atoms with Gasteiger partial charge in [-0.25, -0.2) is 4.79 Å². The van der Waals surface area contributed by atoms with Gasteiger partial charge in [-0.15, -0.1) is 0 Å². The summed E-state index contributed by atoms with van der Waals surface area (Å²) in [5.41, 5.74) is 3.22. The molecule has 21 heavy (non-hydrogen) atoms. The largest absolute Gasteiger partial charge is 0.338 e. The Morgan fingerprint density at radius 3 is 2.71 bits per heavy atom. The maximum absolute atomic E-state index is 11.6. The van der Waals surface area contributed by atoms with Gasteiger partial charge in [0.2, 0.25) is 5.91 Å². The van der Waals surface area contributed by atoms with Crippen LogP contribution in [0.3, 0.4) is 0 Å². The fourth-order valence-electron chi connectivity index (χ4n) is 2.43. The predicted octanol–water partition coefficient (Wildman–Crippen LogP) is 2.05. The van der Waals surface area contributed by atoms with Crippen molar-refractivity contribution < 1.29 is 9.59 Å². The lowest BCUT2D eigenvalue weighted by molar-refractivity contribution is -0.116. The molecule has 0 saturated carbocycles. The second kappa shape index (κ2) is 6.61. The highest BCUT2D eigenvalue weighted by molar-refractivity contribution is 5.93. The van der Waals surface area contributed by atoms with Crippen LogP contribution in [0.25, 0.3) is 0 Å². The molecule has 5 nitrogen and oxygen atoms in total. The lowest BCUT2D eigenvalue weighted by Gasteiger charge is -2.15. The minimum Gasteiger partial charge on any atom is -0.338 e. The van der Waals surface area contributed by atoms with Crippen LogP contribution in [0.15, 0.2) is 18.2 Å². The maximum Gasteiger partial charge on any atom is 0.315 e. The monoisotopic (exact) mass is 289 g/mol. The standard InChI is InChI=1S/C16H23N3O2/c1-11(2)9-17-16(21)18-10-13-4-5-15-14(8-13)6-7-19(15)12(3)20/h4-5,8,11H,6-7,9-10H2,1-3H3,(H2,17,18,21). The SMILES string of the molecule is CC(=O)N1CCc2cc(CNC(=O)NCC(C)C)ccc21. The lowest BCUT2D eigenvalue weighted by atomic mass is 10.1. The van der Waals surface area contributed by atoms with Crippen molar-refractivity contribution in [3.63, 3.8) is 0 Å². The van der Waals surface area contributed by atoms with Gasteiger partial charge in [-0.1, -0.05) is 26.0 Å². The normalized spacial score (nSPS) is 13.2. The molecule has 1 aliphatic rings. The summed E-state index contributed by atoms with van der Waals surface area (Å²) in [5.74, 6) is 0.515. The van der Waals surface area contributed by atoms with Crippen molar-refractivity contribution in [1.29, 1.82) is 0 Å². The summed E-state index contributed by atoms with van der Waals surface area (Å²) in [4.78, 5) is 24.9. The Kier molecular flexibility index (Phi) is 4.83. The molecule has 1 aliphatic heterocycles. The van der Waals surface area contributed by atoms with E-state index in [1.54, 1.807) is 11.8 Å². The number of nitrogens with zero attached hydrogens (tertiary/aromatic N) is 1. The van der Waals surface area contributed by atoms with E-state index >= 15 is 0 Å². The maximum atomic E-state index is 11.6. The van der Waals surface area contributed by atoms with Gasteiger partial charge in [-0.2, -0.15) is 0 Å². The van der Waals surface area contributed by atoms with Gasteiger partial charge in [0.15, 0.2) is 0 Å². The molecule has 1 aromatic rings. The number of anilines is 1. The first-order valence-corrected chi connectivity index (χ1v) is 7.39. The zero-order valence-electron chi connectivity index (χ0n) is 12.9. The van der Waals surface area contributed by atoms with Crippen LogP contribution >= 0.6 is 0 Å². The van der Waals surface area contributed by atoms with Crippen LogP contribution in [0.4, 0.5) is 10.5 Å². The zero-order valence-corrected chi connectivity index (χ0v) is 12.9. The number of hydrogen-bond donors (Lipinski definition) is 2. The van der Waals surface area contributed by atoms with Gasteiger partial charge < -0.3 is 15.5 Å². The summed E-state index contributed by atoms with van der Waals surface area (Å²) in [7, 11) is 0. The number of fused-ring (bicyclic) bond motifs is 1. The van der Waals surface area contributed by atoms with Crippen LogP contribution in [-0.4, -0.2) is 25.0 Å². The number of nitrogens with one attached hydrogen (secondary N) is 2. The van der Waals surface area contributed by atoms with Crippen LogP contribution in [0.2, 0.25) is 0 Å². The summed E-state index contributed by atoms with van der Waals surface area (Å²) in [6.07, 6.45) is 0.877. The highest BCUT2D eigenvalue weighted by Crippen LogP contribution is 2.28. The van der Waals surface area contributed by atoms with Crippen LogP contribution in [0.1, 0.15) is 31.9 Å². The van der Waals surface area contributed by atoms with Crippen molar-refractivity contribution in [2.45, 2.75) is 33.7 Å². The second-order valence-electron chi connectivity index (χ2n) is 5.84. The molecule has 0 aliphatic carbocycles. The molecular weight excluding hydrogens is 266 g/mol. The number of carbonyl (C=O) groups excluding carboxylic acids is 2. The first kappa shape index (κ1) is 15.4. The van der Waals surface area contributed by atoms with Gasteiger partial charge in [0.25, 0.3) is 0 Å². The van der Waals surface area contributed by atoms with Gasteiger partial charge in [-0.3, -0.25) is 4.79 Å². The van der Waals surface area contributed by atoms with Crippen molar-refractivity contribution in [2.75, 3.05) is 18.0 Å². The van der Waals surface area contributed by atoms with Crippen molar-refractivity contribution in [2.24, 2.45) is 5.92 Å². The molecule has 2 N–H and O–H groups in total. The van der Waals surface area contributed by atoms with Gasteiger partial charge >= 0.3 is 6.03 Å².